The minimum atomic E-state index is -0.242. The van der Waals surface area contributed by atoms with E-state index in [9.17, 15) is 4.79 Å². The van der Waals surface area contributed by atoms with Crippen LogP contribution in [0.4, 0.5) is 0 Å². The Kier molecular flexibility index (Phi) is 5.22. The second-order valence-electron chi connectivity index (χ2n) is 3.32. The van der Waals surface area contributed by atoms with E-state index in [2.05, 4.69) is 10.3 Å². The van der Waals surface area contributed by atoms with Crippen molar-refractivity contribution < 1.29 is 9.53 Å². The summed E-state index contributed by atoms with van der Waals surface area (Å²) in [4.78, 5) is 15.5. The lowest BCUT2D eigenvalue weighted by molar-refractivity contribution is 0.0693. The van der Waals surface area contributed by atoms with Gasteiger partial charge in [0.25, 0.3) is 5.91 Å². The Balaban J connectivity index is 2.47. The summed E-state index contributed by atoms with van der Waals surface area (Å²) in [7, 11) is 0. The van der Waals surface area contributed by atoms with Gasteiger partial charge in [-0.2, -0.15) is 0 Å². The SMILES string of the molecule is CCOC(C)CNC(=O)c1cccc(Cl)n1. The zero-order valence-electron chi connectivity index (χ0n) is 9.37. The van der Waals surface area contributed by atoms with Crippen LogP contribution in [0.5, 0.6) is 0 Å². The molecule has 4 nitrogen and oxygen atoms in total. The predicted molar refractivity (Wildman–Crippen MR) is 62.7 cm³/mol. The van der Waals surface area contributed by atoms with Crippen molar-refractivity contribution in [2.75, 3.05) is 13.2 Å². The van der Waals surface area contributed by atoms with Crippen LogP contribution in [0.1, 0.15) is 24.3 Å². The molecule has 1 amide bonds. The molecule has 1 aromatic rings. The van der Waals surface area contributed by atoms with Crippen LogP contribution in [0, 0.1) is 0 Å². The van der Waals surface area contributed by atoms with E-state index in [0.29, 0.717) is 24.0 Å². The minimum Gasteiger partial charge on any atom is -0.377 e. The second kappa shape index (κ2) is 6.45. The number of carbonyl (C=O) groups is 1. The normalized spacial score (nSPS) is 12.2. The van der Waals surface area contributed by atoms with E-state index in [0.717, 1.165) is 0 Å². The maximum absolute atomic E-state index is 11.6. The van der Waals surface area contributed by atoms with Crippen molar-refractivity contribution in [1.29, 1.82) is 0 Å². The molecule has 0 saturated carbocycles. The molecular weight excluding hydrogens is 228 g/mol. The lowest BCUT2D eigenvalue weighted by Gasteiger charge is -2.12. The molecule has 1 aromatic heterocycles. The largest absolute Gasteiger partial charge is 0.377 e. The number of hydrogen-bond donors (Lipinski definition) is 1. The van der Waals surface area contributed by atoms with E-state index >= 15 is 0 Å². The van der Waals surface area contributed by atoms with Crippen LogP contribution in [0.2, 0.25) is 5.15 Å². The smallest absolute Gasteiger partial charge is 0.270 e. The van der Waals surface area contributed by atoms with Gasteiger partial charge in [0.15, 0.2) is 0 Å². The highest BCUT2D eigenvalue weighted by molar-refractivity contribution is 6.29. The summed E-state index contributed by atoms with van der Waals surface area (Å²) < 4.78 is 5.29. The van der Waals surface area contributed by atoms with Crippen LogP contribution in [0.3, 0.4) is 0 Å². The molecule has 0 bridgehead atoms. The summed E-state index contributed by atoms with van der Waals surface area (Å²) in [5, 5.41) is 3.04. The number of aromatic nitrogens is 1. The Morgan fingerprint density at radius 2 is 2.38 bits per heavy atom. The van der Waals surface area contributed by atoms with Crippen molar-refractivity contribution in [3.8, 4) is 0 Å². The van der Waals surface area contributed by atoms with Gasteiger partial charge in [-0.15, -0.1) is 0 Å². The van der Waals surface area contributed by atoms with Gasteiger partial charge in [-0.25, -0.2) is 4.98 Å². The van der Waals surface area contributed by atoms with Crippen LogP contribution < -0.4 is 5.32 Å². The van der Waals surface area contributed by atoms with Crippen molar-refractivity contribution in [1.82, 2.24) is 10.3 Å². The van der Waals surface area contributed by atoms with Crippen molar-refractivity contribution in [2.24, 2.45) is 0 Å². The average Bonchev–Trinajstić information content (AvgIpc) is 2.26. The fourth-order valence-electron chi connectivity index (χ4n) is 1.21. The Morgan fingerprint density at radius 3 is 3.00 bits per heavy atom. The third kappa shape index (κ3) is 4.16. The van der Waals surface area contributed by atoms with Gasteiger partial charge in [-0.3, -0.25) is 4.79 Å². The number of ether oxygens (including phenoxy) is 1. The number of hydrogen-bond acceptors (Lipinski definition) is 3. The Morgan fingerprint density at radius 1 is 1.62 bits per heavy atom. The molecule has 1 heterocycles. The molecule has 0 aliphatic heterocycles. The first kappa shape index (κ1) is 12.9. The van der Waals surface area contributed by atoms with Crippen LogP contribution in [-0.4, -0.2) is 30.1 Å². The highest BCUT2D eigenvalue weighted by Gasteiger charge is 2.09. The van der Waals surface area contributed by atoms with Crippen molar-refractivity contribution >= 4 is 17.5 Å². The highest BCUT2D eigenvalue weighted by Crippen LogP contribution is 2.04. The quantitative estimate of drug-likeness (QED) is 0.803. The number of nitrogens with zero attached hydrogens (tertiary/aromatic N) is 1. The van der Waals surface area contributed by atoms with Gasteiger partial charge in [0.05, 0.1) is 6.10 Å². The third-order valence-electron chi connectivity index (χ3n) is 1.95. The second-order valence-corrected chi connectivity index (χ2v) is 3.71. The Bertz CT molecular complexity index is 358. The number of rotatable bonds is 5. The van der Waals surface area contributed by atoms with E-state index < -0.39 is 0 Å². The van der Waals surface area contributed by atoms with Crippen LogP contribution in [0.15, 0.2) is 18.2 Å². The fourth-order valence-corrected chi connectivity index (χ4v) is 1.37. The standard InChI is InChI=1S/C11H15ClN2O2/c1-3-16-8(2)7-13-11(15)9-5-4-6-10(12)14-9/h4-6,8H,3,7H2,1-2H3,(H,13,15). The van der Waals surface area contributed by atoms with Crippen molar-refractivity contribution in [3.63, 3.8) is 0 Å². The lowest BCUT2D eigenvalue weighted by atomic mass is 10.3. The first-order valence-corrected chi connectivity index (χ1v) is 5.53. The summed E-state index contributed by atoms with van der Waals surface area (Å²) in [6, 6.07) is 4.93. The van der Waals surface area contributed by atoms with Crippen LogP contribution in [-0.2, 0) is 4.74 Å². The van der Waals surface area contributed by atoms with Crippen LogP contribution in [0.25, 0.3) is 0 Å². The summed E-state index contributed by atoms with van der Waals surface area (Å²) >= 11 is 5.69. The summed E-state index contributed by atoms with van der Waals surface area (Å²) in [5.74, 6) is -0.242. The minimum absolute atomic E-state index is 0.00636. The van der Waals surface area contributed by atoms with E-state index in [1.54, 1.807) is 18.2 Å². The van der Waals surface area contributed by atoms with E-state index in [1.165, 1.54) is 0 Å². The monoisotopic (exact) mass is 242 g/mol. The van der Waals surface area contributed by atoms with Gasteiger partial charge >= 0.3 is 0 Å². The number of pyridine rings is 1. The molecule has 0 aliphatic carbocycles. The molecule has 0 aliphatic rings. The van der Waals surface area contributed by atoms with Gasteiger partial charge in [0.2, 0.25) is 0 Å². The molecule has 1 N–H and O–H groups in total. The lowest BCUT2D eigenvalue weighted by Crippen LogP contribution is -2.32. The molecule has 0 aromatic carbocycles. The third-order valence-corrected chi connectivity index (χ3v) is 2.16. The van der Waals surface area contributed by atoms with Gasteiger partial charge in [-0.1, -0.05) is 17.7 Å². The van der Waals surface area contributed by atoms with Gasteiger partial charge in [0.1, 0.15) is 10.8 Å². The predicted octanol–water partition coefficient (Wildman–Crippen LogP) is 1.89. The summed E-state index contributed by atoms with van der Waals surface area (Å²) in [5.41, 5.74) is 0.316. The first-order valence-electron chi connectivity index (χ1n) is 5.15. The molecule has 0 spiro atoms. The molecule has 0 saturated heterocycles. The maximum Gasteiger partial charge on any atom is 0.270 e. The maximum atomic E-state index is 11.6. The van der Waals surface area contributed by atoms with Gasteiger partial charge in [-0.05, 0) is 26.0 Å². The summed E-state index contributed by atoms with van der Waals surface area (Å²) in [6.45, 7) is 4.90. The first-order chi connectivity index (χ1) is 7.63. The number of carbonyl (C=O) groups excluding carboxylic acids is 1. The molecule has 1 atom stereocenters. The molecule has 1 rings (SSSR count). The Hall–Kier alpha value is -1.13. The molecule has 1 unspecified atom stereocenters. The average molecular weight is 243 g/mol. The fraction of sp³-hybridized carbons (Fsp3) is 0.455. The van der Waals surface area contributed by atoms with E-state index in [-0.39, 0.29) is 12.0 Å². The van der Waals surface area contributed by atoms with E-state index in [4.69, 9.17) is 16.3 Å². The topological polar surface area (TPSA) is 51.2 Å². The number of halogens is 1. The Labute approximate surface area is 100.0 Å². The zero-order valence-corrected chi connectivity index (χ0v) is 10.1. The molecule has 16 heavy (non-hydrogen) atoms. The van der Waals surface area contributed by atoms with Crippen LogP contribution >= 0.6 is 11.6 Å². The molecule has 88 valence electrons. The molecular formula is C11H15ClN2O2. The molecule has 5 heteroatoms. The van der Waals surface area contributed by atoms with Crippen molar-refractivity contribution in [3.05, 3.63) is 29.0 Å². The van der Waals surface area contributed by atoms with Gasteiger partial charge < -0.3 is 10.1 Å². The highest BCUT2D eigenvalue weighted by atomic mass is 35.5. The van der Waals surface area contributed by atoms with Gasteiger partial charge in [0, 0.05) is 13.2 Å². The molecule has 0 fully saturated rings. The summed E-state index contributed by atoms with van der Waals surface area (Å²) in [6.07, 6.45) is -0.00636. The zero-order chi connectivity index (χ0) is 12.0. The number of nitrogens with one attached hydrogen (secondary N) is 1. The number of amides is 1. The van der Waals surface area contributed by atoms with Crippen molar-refractivity contribution in [2.45, 2.75) is 20.0 Å². The molecule has 0 radical (unpaired) electrons. The van der Waals surface area contributed by atoms with E-state index in [1.807, 2.05) is 13.8 Å².